The van der Waals surface area contributed by atoms with E-state index in [1.807, 2.05) is 7.05 Å². The molecule has 0 bridgehead atoms. The summed E-state index contributed by atoms with van der Waals surface area (Å²) in [5, 5.41) is 3.18. The molecule has 0 aromatic heterocycles. The second kappa shape index (κ2) is 7.32. The van der Waals surface area contributed by atoms with Gasteiger partial charge in [-0.05, 0) is 13.5 Å². The van der Waals surface area contributed by atoms with Gasteiger partial charge in [-0.2, -0.15) is 0 Å². The summed E-state index contributed by atoms with van der Waals surface area (Å²) in [7, 11) is 4.19. The van der Waals surface area contributed by atoms with Crippen molar-refractivity contribution in [2.75, 3.05) is 34.9 Å². The SMILES string of the molecule is CCC(C(CN)NC)[Si](OC)(OC)OC. The number of likely N-dealkylation sites (N-methyl/N-ethyl adjacent to an activating group) is 1. The lowest BCUT2D eigenvalue weighted by Crippen LogP contribution is -2.55. The van der Waals surface area contributed by atoms with Crippen molar-refractivity contribution in [2.45, 2.75) is 24.9 Å². The quantitative estimate of drug-likeness (QED) is 0.589. The zero-order valence-electron chi connectivity index (χ0n) is 10.4. The smallest absolute Gasteiger partial charge is 0.377 e. The largest absolute Gasteiger partial charge is 0.505 e. The number of rotatable bonds is 8. The summed E-state index contributed by atoms with van der Waals surface area (Å²) in [5.74, 6) is 0. The summed E-state index contributed by atoms with van der Waals surface area (Å²) in [4.78, 5) is 0. The minimum atomic E-state index is -2.59. The summed E-state index contributed by atoms with van der Waals surface area (Å²) in [6.45, 7) is 2.63. The highest BCUT2D eigenvalue weighted by atomic mass is 28.4. The van der Waals surface area contributed by atoms with Crippen molar-refractivity contribution in [3.63, 3.8) is 0 Å². The molecule has 0 aliphatic rings. The lowest BCUT2D eigenvalue weighted by Gasteiger charge is -2.36. The molecule has 92 valence electrons. The Labute approximate surface area is 93.6 Å². The maximum Gasteiger partial charge on any atom is 0.505 e. The number of nitrogens with two attached hydrogens (primary N) is 1. The van der Waals surface area contributed by atoms with Crippen LogP contribution in [0.4, 0.5) is 0 Å². The fraction of sp³-hybridized carbons (Fsp3) is 1.00. The van der Waals surface area contributed by atoms with Gasteiger partial charge in [0, 0.05) is 39.5 Å². The van der Waals surface area contributed by atoms with E-state index in [-0.39, 0.29) is 11.6 Å². The zero-order valence-corrected chi connectivity index (χ0v) is 11.4. The molecule has 0 saturated carbocycles. The molecule has 0 aliphatic heterocycles. The molecular weight excluding hydrogens is 212 g/mol. The van der Waals surface area contributed by atoms with Crippen LogP contribution in [0.1, 0.15) is 13.3 Å². The van der Waals surface area contributed by atoms with Crippen LogP contribution in [0.2, 0.25) is 5.54 Å². The fourth-order valence-electron chi connectivity index (χ4n) is 1.97. The minimum Gasteiger partial charge on any atom is -0.377 e. The van der Waals surface area contributed by atoms with Crippen LogP contribution in [0.5, 0.6) is 0 Å². The van der Waals surface area contributed by atoms with Gasteiger partial charge in [-0.1, -0.05) is 6.92 Å². The average Bonchev–Trinajstić information content (AvgIpc) is 2.30. The molecule has 0 amide bonds. The first kappa shape index (κ1) is 15.0. The van der Waals surface area contributed by atoms with Crippen LogP contribution in [-0.4, -0.2) is 49.8 Å². The number of hydrogen-bond acceptors (Lipinski definition) is 5. The van der Waals surface area contributed by atoms with Gasteiger partial charge in [-0.25, -0.2) is 0 Å². The van der Waals surface area contributed by atoms with E-state index in [0.29, 0.717) is 6.54 Å². The maximum atomic E-state index is 5.71. The highest BCUT2D eigenvalue weighted by Gasteiger charge is 2.49. The van der Waals surface area contributed by atoms with E-state index in [4.69, 9.17) is 19.0 Å². The Bertz CT molecular complexity index is 155. The minimum absolute atomic E-state index is 0.154. The summed E-state index contributed by atoms with van der Waals surface area (Å²) < 4.78 is 16.4. The van der Waals surface area contributed by atoms with E-state index in [0.717, 1.165) is 6.42 Å². The average molecular weight is 236 g/mol. The molecule has 2 atom stereocenters. The molecule has 6 heteroatoms. The van der Waals surface area contributed by atoms with E-state index in [1.54, 1.807) is 21.3 Å². The number of nitrogens with one attached hydrogen (secondary N) is 1. The van der Waals surface area contributed by atoms with Crippen molar-refractivity contribution < 1.29 is 13.3 Å². The van der Waals surface area contributed by atoms with Gasteiger partial charge < -0.3 is 24.3 Å². The van der Waals surface area contributed by atoms with Crippen molar-refractivity contribution in [3.8, 4) is 0 Å². The summed E-state index contributed by atoms with van der Waals surface area (Å²) >= 11 is 0. The van der Waals surface area contributed by atoms with Gasteiger partial charge in [0.2, 0.25) is 0 Å². The van der Waals surface area contributed by atoms with Gasteiger partial charge in [0.1, 0.15) is 0 Å². The first-order valence-electron chi connectivity index (χ1n) is 5.18. The fourth-order valence-corrected chi connectivity index (χ4v) is 4.67. The first-order chi connectivity index (χ1) is 7.15. The van der Waals surface area contributed by atoms with Crippen LogP contribution in [-0.2, 0) is 13.3 Å². The number of hydrogen-bond donors (Lipinski definition) is 2. The van der Waals surface area contributed by atoms with E-state index in [2.05, 4.69) is 12.2 Å². The normalized spacial score (nSPS) is 16.4. The molecule has 0 fully saturated rings. The van der Waals surface area contributed by atoms with Crippen molar-refractivity contribution >= 4 is 8.80 Å². The molecule has 3 N–H and O–H groups in total. The van der Waals surface area contributed by atoms with E-state index < -0.39 is 8.80 Å². The van der Waals surface area contributed by atoms with E-state index in [1.165, 1.54) is 0 Å². The predicted octanol–water partition coefficient (Wildman–Crippen LogP) is 0.191. The van der Waals surface area contributed by atoms with Crippen LogP contribution >= 0.6 is 0 Å². The summed E-state index contributed by atoms with van der Waals surface area (Å²) in [5.41, 5.74) is 5.89. The summed E-state index contributed by atoms with van der Waals surface area (Å²) in [6, 6.07) is 0.154. The lowest BCUT2D eigenvalue weighted by molar-refractivity contribution is 0.104. The Morgan fingerprint density at radius 3 is 1.87 bits per heavy atom. The zero-order chi connectivity index (χ0) is 11.9. The van der Waals surface area contributed by atoms with Crippen LogP contribution in [0, 0.1) is 0 Å². The lowest BCUT2D eigenvalue weighted by atomic mass is 10.1. The van der Waals surface area contributed by atoms with Crippen LogP contribution in [0.25, 0.3) is 0 Å². The van der Waals surface area contributed by atoms with Crippen molar-refractivity contribution in [1.29, 1.82) is 0 Å². The molecule has 0 rings (SSSR count). The second-order valence-corrected chi connectivity index (χ2v) is 6.53. The van der Waals surface area contributed by atoms with Crippen LogP contribution in [0.15, 0.2) is 0 Å². The van der Waals surface area contributed by atoms with E-state index >= 15 is 0 Å². The molecule has 2 unspecified atom stereocenters. The molecule has 15 heavy (non-hydrogen) atoms. The molecule has 0 radical (unpaired) electrons. The Morgan fingerprint density at radius 1 is 1.20 bits per heavy atom. The van der Waals surface area contributed by atoms with Crippen LogP contribution < -0.4 is 11.1 Å². The molecule has 0 aliphatic carbocycles. The third kappa shape index (κ3) is 3.23. The molecule has 0 saturated heterocycles. The Hall–Kier alpha value is 0.0169. The first-order valence-corrected chi connectivity index (χ1v) is 6.98. The molecular formula is C9H24N2O3Si. The maximum absolute atomic E-state index is 5.71. The highest BCUT2D eigenvalue weighted by Crippen LogP contribution is 2.30. The third-order valence-electron chi connectivity index (χ3n) is 2.86. The van der Waals surface area contributed by atoms with Crippen molar-refractivity contribution in [1.82, 2.24) is 5.32 Å². The third-order valence-corrected chi connectivity index (χ3v) is 6.28. The summed E-state index contributed by atoms with van der Waals surface area (Å²) in [6.07, 6.45) is 0.907. The van der Waals surface area contributed by atoms with Gasteiger partial charge in [0.25, 0.3) is 0 Å². The van der Waals surface area contributed by atoms with Crippen molar-refractivity contribution in [2.24, 2.45) is 5.73 Å². The molecule has 5 nitrogen and oxygen atoms in total. The molecule has 0 aromatic rings. The second-order valence-electron chi connectivity index (χ2n) is 3.36. The van der Waals surface area contributed by atoms with Gasteiger partial charge >= 0.3 is 8.80 Å². The molecule has 0 heterocycles. The van der Waals surface area contributed by atoms with Gasteiger partial charge in [0.15, 0.2) is 0 Å². The Balaban J connectivity index is 4.86. The molecule has 0 spiro atoms. The van der Waals surface area contributed by atoms with E-state index in [9.17, 15) is 0 Å². The highest BCUT2D eigenvalue weighted by molar-refractivity contribution is 6.62. The Morgan fingerprint density at radius 2 is 1.67 bits per heavy atom. The Kier molecular flexibility index (Phi) is 7.32. The van der Waals surface area contributed by atoms with Crippen LogP contribution in [0.3, 0.4) is 0 Å². The molecule has 0 aromatic carbocycles. The van der Waals surface area contributed by atoms with Crippen molar-refractivity contribution in [3.05, 3.63) is 0 Å². The van der Waals surface area contributed by atoms with Gasteiger partial charge in [-0.15, -0.1) is 0 Å². The van der Waals surface area contributed by atoms with Gasteiger partial charge in [-0.3, -0.25) is 0 Å². The topological polar surface area (TPSA) is 65.7 Å². The predicted molar refractivity (Wildman–Crippen MR) is 62.7 cm³/mol. The van der Waals surface area contributed by atoms with Gasteiger partial charge in [0.05, 0.1) is 0 Å². The monoisotopic (exact) mass is 236 g/mol. The standard InChI is InChI=1S/C9H24N2O3Si/c1-6-9(8(7-10)11-2)15(12-3,13-4)14-5/h8-9,11H,6-7,10H2,1-5H3.